The van der Waals surface area contributed by atoms with Gasteiger partial charge in [0.25, 0.3) is 0 Å². The summed E-state index contributed by atoms with van der Waals surface area (Å²) < 4.78 is 20.7. The maximum atomic E-state index is 14.3. The molecular formula is C48H55ClN8O8. The SMILES string of the molecule is COC(=O)NC(C(=O)NC1CC1CCc1nc2ccc(-c3ccc4cc(-c5nc(C6CC7CC7N6C(=O)C(NC(=O)OC)C6CCOCC6)[nH]c5Cl)ccc4c3)cc2[nH]1)C1CCOCC1. The first-order valence-corrected chi connectivity index (χ1v) is 23.3. The van der Waals surface area contributed by atoms with Crippen molar-refractivity contribution in [2.45, 2.75) is 88.0 Å². The molecule has 2 saturated carbocycles. The van der Waals surface area contributed by atoms with Crippen LogP contribution in [0, 0.1) is 23.7 Å². The Morgan fingerprint density at radius 2 is 1.42 bits per heavy atom. The van der Waals surface area contributed by atoms with Crippen molar-refractivity contribution in [2.75, 3.05) is 40.6 Å². The van der Waals surface area contributed by atoms with Crippen LogP contribution in [-0.4, -0.2) is 114 Å². The lowest BCUT2D eigenvalue weighted by Crippen LogP contribution is -2.54. The predicted octanol–water partition coefficient (Wildman–Crippen LogP) is 6.83. The summed E-state index contributed by atoms with van der Waals surface area (Å²) in [5.74, 6) is 1.97. The Morgan fingerprint density at radius 3 is 2.12 bits per heavy atom. The first-order valence-electron chi connectivity index (χ1n) is 22.9. The van der Waals surface area contributed by atoms with Gasteiger partial charge in [0.2, 0.25) is 11.8 Å². The second-order valence-corrected chi connectivity index (χ2v) is 18.7. The van der Waals surface area contributed by atoms with Crippen LogP contribution in [0.4, 0.5) is 9.59 Å². The van der Waals surface area contributed by atoms with Crippen molar-refractivity contribution in [3.63, 3.8) is 0 Å². The van der Waals surface area contributed by atoms with Crippen molar-refractivity contribution >= 4 is 57.4 Å². The number of imidazole rings is 2. The van der Waals surface area contributed by atoms with Crippen LogP contribution >= 0.6 is 11.6 Å². The maximum absolute atomic E-state index is 14.3. The van der Waals surface area contributed by atoms with Crippen LogP contribution in [0.1, 0.15) is 69.1 Å². The molecule has 342 valence electrons. The zero-order chi connectivity index (χ0) is 44.8. The van der Waals surface area contributed by atoms with Crippen LogP contribution in [0.2, 0.25) is 5.15 Å². The van der Waals surface area contributed by atoms with Crippen molar-refractivity contribution in [1.82, 2.24) is 40.8 Å². The summed E-state index contributed by atoms with van der Waals surface area (Å²) in [5.41, 5.74) is 5.50. The number of halogens is 1. The average molecular weight is 907 g/mol. The lowest BCUT2D eigenvalue weighted by Gasteiger charge is -2.35. The number of benzene rings is 3. The molecule has 7 unspecified atom stereocenters. The highest BCUT2D eigenvalue weighted by molar-refractivity contribution is 6.32. The molecule has 17 heteroatoms. The number of aromatic nitrogens is 4. The lowest BCUT2D eigenvalue weighted by atomic mass is 9.90. The quantitative estimate of drug-likeness (QED) is 0.0834. The third-order valence-corrected chi connectivity index (χ3v) is 14.5. The first kappa shape index (κ1) is 43.2. The van der Waals surface area contributed by atoms with E-state index in [1.807, 2.05) is 17.0 Å². The number of carbonyl (C=O) groups excluding carboxylic acids is 4. The molecule has 2 aromatic heterocycles. The smallest absolute Gasteiger partial charge is 0.407 e. The van der Waals surface area contributed by atoms with Gasteiger partial charge in [-0.2, -0.15) is 0 Å². The Balaban J connectivity index is 0.786. The van der Waals surface area contributed by atoms with Gasteiger partial charge in [0.15, 0.2) is 0 Å². The van der Waals surface area contributed by atoms with E-state index < -0.39 is 24.3 Å². The normalized spacial score (nSPS) is 24.0. The minimum Gasteiger partial charge on any atom is -0.453 e. The van der Waals surface area contributed by atoms with Gasteiger partial charge in [-0.15, -0.1) is 0 Å². The standard InChI is InChI=1S/C48H55ClN8O8/c1-62-47(60)54-41(25-11-15-64-16-12-25)45(58)52-35-22-31(35)8-10-39-50-34-9-7-30(21-36(34)51-39)28-3-4-29-20-32(6-5-27(29)19-28)40-43(49)56-44(53-40)38-24-33-23-37(33)57(38)46(59)42(55-48(61)63-2)26-13-17-65-18-14-26/h3-7,9,19-21,25-26,31,33,35,37-38,41-42H,8,10-18,22-24H2,1-2H3,(H,50,51)(H,52,58)(H,53,56)(H,54,60)(H,55,61). The van der Waals surface area contributed by atoms with Crippen LogP contribution in [0.3, 0.4) is 0 Å². The molecule has 5 aliphatic rings. The number of nitrogens with one attached hydrogen (secondary N) is 5. The summed E-state index contributed by atoms with van der Waals surface area (Å²) in [5, 5.41) is 11.3. The van der Waals surface area contributed by atoms with Crippen LogP contribution in [0.5, 0.6) is 0 Å². The molecule has 7 atom stereocenters. The number of alkyl carbamates (subject to hydrolysis) is 2. The Bertz CT molecular complexity index is 2600. The summed E-state index contributed by atoms with van der Waals surface area (Å²) in [6, 6.07) is 17.4. The molecule has 5 aromatic rings. The number of aryl methyl sites for hydroxylation is 1. The molecule has 0 radical (unpaired) electrons. The summed E-state index contributed by atoms with van der Waals surface area (Å²) in [4.78, 5) is 70.7. The Labute approximate surface area is 381 Å². The molecule has 65 heavy (non-hydrogen) atoms. The molecule has 3 aromatic carbocycles. The zero-order valence-corrected chi connectivity index (χ0v) is 37.3. The van der Waals surface area contributed by atoms with E-state index in [4.69, 9.17) is 40.5 Å². The third-order valence-electron chi connectivity index (χ3n) is 14.3. The Kier molecular flexibility index (Phi) is 12.2. The van der Waals surface area contributed by atoms with E-state index in [0.717, 1.165) is 76.4 Å². The minimum absolute atomic E-state index is 0.00718. The fraction of sp³-hybridized carbons (Fsp3) is 0.500. The second-order valence-electron chi connectivity index (χ2n) is 18.3. The molecule has 16 nitrogen and oxygen atoms in total. The fourth-order valence-electron chi connectivity index (χ4n) is 10.4. The van der Waals surface area contributed by atoms with Gasteiger partial charge in [0, 0.05) is 50.5 Å². The van der Waals surface area contributed by atoms with E-state index in [-0.39, 0.29) is 41.8 Å². The molecule has 10 rings (SSSR count). The van der Waals surface area contributed by atoms with Crippen LogP contribution in [0.15, 0.2) is 54.6 Å². The monoisotopic (exact) mass is 906 g/mol. The number of hydrogen-bond acceptors (Lipinski definition) is 10. The number of fused-ring (bicyclic) bond motifs is 3. The number of nitrogens with zero attached hydrogens (tertiary/aromatic N) is 3. The highest BCUT2D eigenvalue weighted by atomic mass is 35.5. The molecule has 4 amide bonds. The van der Waals surface area contributed by atoms with E-state index in [0.29, 0.717) is 80.6 Å². The number of hydrogen-bond donors (Lipinski definition) is 5. The molecule has 0 spiro atoms. The van der Waals surface area contributed by atoms with Crippen LogP contribution < -0.4 is 16.0 Å². The first-order chi connectivity index (χ1) is 31.6. The number of aromatic amines is 2. The number of ether oxygens (including phenoxy) is 4. The van der Waals surface area contributed by atoms with E-state index >= 15 is 0 Å². The van der Waals surface area contributed by atoms with Crippen LogP contribution in [0.25, 0.3) is 44.2 Å². The number of carbonyl (C=O) groups is 4. The van der Waals surface area contributed by atoms with Gasteiger partial charge in [-0.1, -0.05) is 41.9 Å². The number of rotatable bonds is 13. The largest absolute Gasteiger partial charge is 0.453 e. The van der Waals surface area contributed by atoms with Gasteiger partial charge < -0.3 is 49.8 Å². The van der Waals surface area contributed by atoms with Gasteiger partial charge in [-0.25, -0.2) is 19.6 Å². The van der Waals surface area contributed by atoms with Gasteiger partial charge >= 0.3 is 12.2 Å². The van der Waals surface area contributed by atoms with Crippen molar-refractivity contribution in [1.29, 1.82) is 0 Å². The summed E-state index contributed by atoms with van der Waals surface area (Å²) in [6.07, 6.45) is 5.82. The Morgan fingerprint density at radius 1 is 0.785 bits per heavy atom. The molecule has 5 N–H and O–H groups in total. The minimum atomic E-state index is -0.709. The van der Waals surface area contributed by atoms with E-state index in [2.05, 4.69) is 68.4 Å². The fourth-order valence-corrected chi connectivity index (χ4v) is 10.7. The summed E-state index contributed by atoms with van der Waals surface area (Å²) >= 11 is 6.88. The van der Waals surface area contributed by atoms with Crippen molar-refractivity contribution in [3.8, 4) is 22.4 Å². The lowest BCUT2D eigenvalue weighted by molar-refractivity contribution is -0.138. The molecule has 2 aliphatic carbocycles. The molecular weight excluding hydrogens is 852 g/mol. The predicted molar refractivity (Wildman–Crippen MR) is 242 cm³/mol. The van der Waals surface area contributed by atoms with E-state index in [9.17, 15) is 19.2 Å². The second kappa shape index (κ2) is 18.3. The topological polar surface area (TPSA) is 202 Å². The van der Waals surface area contributed by atoms with Crippen molar-refractivity contribution in [2.24, 2.45) is 23.7 Å². The van der Waals surface area contributed by atoms with Crippen molar-refractivity contribution < 1.29 is 38.1 Å². The summed E-state index contributed by atoms with van der Waals surface area (Å²) in [6.45, 7) is 2.25. The number of piperidine rings is 1. The van der Waals surface area contributed by atoms with Gasteiger partial charge in [-0.3, -0.25) is 9.59 Å². The number of amides is 4. The van der Waals surface area contributed by atoms with Gasteiger partial charge in [0.1, 0.15) is 34.6 Å². The van der Waals surface area contributed by atoms with E-state index in [1.54, 1.807) is 0 Å². The Hall–Kier alpha value is -5.71. The number of methoxy groups -OCH3 is 2. The number of H-pyrrole nitrogens is 2. The van der Waals surface area contributed by atoms with Crippen LogP contribution in [-0.2, 0) is 35.0 Å². The molecule has 3 saturated heterocycles. The maximum Gasteiger partial charge on any atom is 0.407 e. The highest BCUT2D eigenvalue weighted by Crippen LogP contribution is 2.54. The van der Waals surface area contributed by atoms with Gasteiger partial charge in [-0.05, 0) is 121 Å². The third kappa shape index (κ3) is 9.12. The van der Waals surface area contributed by atoms with E-state index in [1.165, 1.54) is 14.2 Å². The zero-order valence-electron chi connectivity index (χ0n) is 36.6. The molecule has 5 fully saturated rings. The average Bonchev–Trinajstić information content (AvgIpc) is 4.11. The molecule has 5 heterocycles. The summed E-state index contributed by atoms with van der Waals surface area (Å²) in [7, 11) is 2.61. The number of likely N-dealkylation sites (tertiary alicyclic amines) is 1. The molecule has 3 aliphatic heterocycles. The van der Waals surface area contributed by atoms with Gasteiger partial charge in [0.05, 0.1) is 31.3 Å². The van der Waals surface area contributed by atoms with Crippen molar-refractivity contribution in [3.05, 3.63) is 71.4 Å². The molecule has 0 bridgehead atoms. The highest BCUT2D eigenvalue weighted by Gasteiger charge is 2.57.